The maximum Gasteiger partial charge on any atom is 0.254 e. The summed E-state index contributed by atoms with van der Waals surface area (Å²) < 4.78 is 0. The molecule has 0 aromatic heterocycles. The Labute approximate surface area is 113 Å². The van der Waals surface area contributed by atoms with E-state index >= 15 is 0 Å². The minimum Gasteiger partial charge on any atom is -0.341 e. The van der Waals surface area contributed by atoms with E-state index in [2.05, 4.69) is 19.2 Å². The summed E-state index contributed by atoms with van der Waals surface area (Å²) in [4.78, 5) is 25.5. The molecule has 1 atom stereocenters. The van der Waals surface area contributed by atoms with Crippen LogP contribution in [-0.4, -0.2) is 18.4 Å². The highest BCUT2D eigenvalue weighted by atomic mass is 16.2. The number of nitrogens with zero attached hydrogens (tertiary/aromatic N) is 1. The lowest BCUT2D eigenvalue weighted by Gasteiger charge is -2.19. The third kappa shape index (κ3) is 2.78. The molecule has 0 bridgehead atoms. The van der Waals surface area contributed by atoms with Crippen molar-refractivity contribution < 1.29 is 9.59 Å². The molecule has 1 heterocycles. The number of fused-ring (bicyclic) bond motifs is 1. The van der Waals surface area contributed by atoms with Crippen molar-refractivity contribution in [2.24, 2.45) is 5.92 Å². The summed E-state index contributed by atoms with van der Waals surface area (Å²) in [6, 6.07) is 7.14. The van der Waals surface area contributed by atoms with E-state index in [9.17, 15) is 9.59 Å². The average Bonchev–Trinajstić information content (AvgIpc) is 2.60. The fourth-order valence-corrected chi connectivity index (χ4v) is 2.35. The third-order valence-electron chi connectivity index (χ3n) is 3.33. The average molecular weight is 260 g/mol. The van der Waals surface area contributed by atoms with E-state index < -0.39 is 6.04 Å². The van der Waals surface area contributed by atoms with Crippen LogP contribution in [0.3, 0.4) is 0 Å². The molecular formula is C15H20N2O2. The molecule has 102 valence electrons. The third-order valence-corrected chi connectivity index (χ3v) is 3.33. The normalized spacial score (nSPS) is 17.8. The number of para-hydroxylation sites is 1. The van der Waals surface area contributed by atoms with E-state index in [1.807, 2.05) is 24.3 Å². The van der Waals surface area contributed by atoms with Gasteiger partial charge in [0.15, 0.2) is 0 Å². The quantitative estimate of drug-likeness (QED) is 0.902. The van der Waals surface area contributed by atoms with Crippen LogP contribution in [-0.2, 0) is 9.59 Å². The standard InChI is InChI=1S/C15H20N2O2/c1-10(2)8-9-17-13-7-5-4-6-12(13)14(15(17)19)16-11(3)18/h4-7,10,14H,8-9H2,1-3H3,(H,16,18)/t14-/m1/s1. The Morgan fingerprint density at radius 1 is 1.37 bits per heavy atom. The van der Waals surface area contributed by atoms with Crippen LogP contribution in [0.4, 0.5) is 5.69 Å². The molecule has 1 N–H and O–H groups in total. The number of carbonyl (C=O) groups excluding carboxylic acids is 2. The summed E-state index contributed by atoms with van der Waals surface area (Å²) in [6.45, 7) is 6.41. The van der Waals surface area contributed by atoms with Gasteiger partial charge < -0.3 is 10.2 Å². The number of nitrogens with one attached hydrogen (secondary N) is 1. The number of anilines is 1. The first-order valence-electron chi connectivity index (χ1n) is 6.68. The van der Waals surface area contributed by atoms with Crippen molar-refractivity contribution in [3.63, 3.8) is 0 Å². The summed E-state index contributed by atoms with van der Waals surface area (Å²) in [5.41, 5.74) is 1.82. The molecule has 1 aromatic rings. The van der Waals surface area contributed by atoms with Gasteiger partial charge in [-0.2, -0.15) is 0 Å². The molecule has 0 radical (unpaired) electrons. The van der Waals surface area contributed by atoms with Crippen molar-refractivity contribution in [1.29, 1.82) is 0 Å². The lowest BCUT2D eigenvalue weighted by atomic mass is 10.1. The number of amides is 2. The van der Waals surface area contributed by atoms with E-state index in [4.69, 9.17) is 0 Å². The first-order valence-corrected chi connectivity index (χ1v) is 6.68. The fourth-order valence-electron chi connectivity index (χ4n) is 2.35. The lowest BCUT2D eigenvalue weighted by Crippen LogP contribution is -2.37. The van der Waals surface area contributed by atoms with Gasteiger partial charge in [0.25, 0.3) is 5.91 Å². The Kier molecular flexibility index (Phi) is 3.88. The molecule has 0 saturated heterocycles. The van der Waals surface area contributed by atoms with Gasteiger partial charge in [0, 0.05) is 24.7 Å². The second-order valence-corrected chi connectivity index (χ2v) is 5.36. The highest BCUT2D eigenvalue weighted by molar-refractivity contribution is 6.06. The van der Waals surface area contributed by atoms with Gasteiger partial charge in [-0.1, -0.05) is 32.0 Å². The predicted octanol–water partition coefficient (Wildman–Crippen LogP) is 2.26. The van der Waals surface area contributed by atoms with Gasteiger partial charge in [-0.15, -0.1) is 0 Å². The number of carbonyl (C=O) groups is 2. The molecule has 1 aromatic carbocycles. The van der Waals surface area contributed by atoms with Crippen LogP contribution in [0.5, 0.6) is 0 Å². The van der Waals surface area contributed by atoms with E-state index in [0.717, 1.165) is 17.7 Å². The SMILES string of the molecule is CC(=O)N[C@H]1C(=O)N(CCC(C)C)c2ccccc21. The first-order chi connectivity index (χ1) is 9.00. The Morgan fingerprint density at radius 3 is 2.68 bits per heavy atom. The minimum absolute atomic E-state index is 0.0305. The molecule has 2 rings (SSSR count). The van der Waals surface area contributed by atoms with E-state index in [1.54, 1.807) is 4.90 Å². The molecule has 0 unspecified atom stereocenters. The van der Waals surface area contributed by atoms with Crippen molar-refractivity contribution in [1.82, 2.24) is 5.32 Å². The fraction of sp³-hybridized carbons (Fsp3) is 0.467. The Morgan fingerprint density at radius 2 is 2.05 bits per heavy atom. The molecule has 0 spiro atoms. The van der Waals surface area contributed by atoms with Crippen LogP contribution in [0.2, 0.25) is 0 Å². The molecular weight excluding hydrogens is 240 g/mol. The molecule has 2 amide bonds. The molecule has 0 aliphatic carbocycles. The van der Waals surface area contributed by atoms with Gasteiger partial charge in [-0.25, -0.2) is 0 Å². The molecule has 1 aliphatic heterocycles. The second-order valence-electron chi connectivity index (χ2n) is 5.36. The molecule has 0 saturated carbocycles. The number of hydrogen-bond acceptors (Lipinski definition) is 2. The minimum atomic E-state index is -0.527. The largest absolute Gasteiger partial charge is 0.341 e. The van der Waals surface area contributed by atoms with Crippen molar-refractivity contribution in [3.05, 3.63) is 29.8 Å². The van der Waals surface area contributed by atoms with Crippen molar-refractivity contribution in [2.45, 2.75) is 33.2 Å². The molecule has 4 heteroatoms. The Bertz CT molecular complexity index is 497. The Hall–Kier alpha value is -1.84. The van der Waals surface area contributed by atoms with Crippen LogP contribution in [0.15, 0.2) is 24.3 Å². The van der Waals surface area contributed by atoms with Gasteiger partial charge in [-0.05, 0) is 18.4 Å². The predicted molar refractivity (Wildman–Crippen MR) is 74.8 cm³/mol. The number of rotatable bonds is 4. The number of benzene rings is 1. The van der Waals surface area contributed by atoms with E-state index in [1.165, 1.54) is 6.92 Å². The van der Waals surface area contributed by atoms with Gasteiger partial charge in [0.2, 0.25) is 5.91 Å². The molecule has 19 heavy (non-hydrogen) atoms. The highest BCUT2D eigenvalue weighted by Gasteiger charge is 2.37. The summed E-state index contributed by atoms with van der Waals surface area (Å²) in [6.07, 6.45) is 0.951. The van der Waals surface area contributed by atoms with Gasteiger partial charge in [-0.3, -0.25) is 9.59 Å². The van der Waals surface area contributed by atoms with Crippen LogP contribution in [0, 0.1) is 5.92 Å². The van der Waals surface area contributed by atoms with Crippen LogP contribution < -0.4 is 10.2 Å². The van der Waals surface area contributed by atoms with Crippen LogP contribution in [0.1, 0.15) is 38.8 Å². The summed E-state index contributed by atoms with van der Waals surface area (Å²) in [7, 11) is 0. The van der Waals surface area contributed by atoms with Gasteiger partial charge in [0.05, 0.1) is 0 Å². The number of hydrogen-bond donors (Lipinski definition) is 1. The Balaban J connectivity index is 2.27. The zero-order valence-electron chi connectivity index (χ0n) is 11.6. The topological polar surface area (TPSA) is 49.4 Å². The maximum atomic E-state index is 12.4. The van der Waals surface area contributed by atoms with Crippen molar-refractivity contribution in [2.75, 3.05) is 11.4 Å². The first kappa shape index (κ1) is 13.6. The summed E-state index contributed by atoms with van der Waals surface area (Å²) >= 11 is 0. The molecule has 1 aliphatic rings. The zero-order valence-corrected chi connectivity index (χ0v) is 11.6. The lowest BCUT2D eigenvalue weighted by molar-refractivity contribution is -0.126. The zero-order chi connectivity index (χ0) is 14.0. The molecule has 0 fully saturated rings. The van der Waals surface area contributed by atoms with Gasteiger partial charge in [0.1, 0.15) is 6.04 Å². The monoisotopic (exact) mass is 260 g/mol. The van der Waals surface area contributed by atoms with Gasteiger partial charge >= 0.3 is 0 Å². The smallest absolute Gasteiger partial charge is 0.254 e. The van der Waals surface area contributed by atoms with E-state index in [0.29, 0.717) is 12.5 Å². The summed E-state index contributed by atoms with van der Waals surface area (Å²) in [5, 5.41) is 2.74. The second kappa shape index (κ2) is 5.43. The van der Waals surface area contributed by atoms with E-state index in [-0.39, 0.29) is 11.8 Å². The highest BCUT2D eigenvalue weighted by Crippen LogP contribution is 2.35. The van der Waals surface area contributed by atoms with Crippen molar-refractivity contribution in [3.8, 4) is 0 Å². The maximum absolute atomic E-state index is 12.4. The van der Waals surface area contributed by atoms with Crippen molar-refractivity contribution >= 4 is 17.5 Å². The van der Waals surface area contributed by atoms with Crippen LogP contribution >= 0.6 is 0 Å². The summed E-state index contributed by atoms with van der Waals surface area (Å²) in [5.74, 6) is 0.329. The van der Waals surface area contributed by atoms with Crippen LogP contribution in [0.25, 0.3) is 0 Å². The molecule has 4 nitrogen and oxygen atoms in total.